The van der Waals surface area contributed by atoms with Crippen molar-refractivity contribution >= 4 is 51.2 Å². The number of benzene rings is 1. The summed E-state index contributed by atoms with van der Waals surface area (Å²) in [5, 5.41) is 4.03. The van der Waals surface area contributed by atoms with Crippen LogP contribution in [0.1, 0.15) is 21.1 Å². The van der Waals surface area contributed by atoms with Crippen LogP contribution in [-0.4, -0.2) is 40.4 Å². The first kappa shape index (κ1) is 21.8. The van der Waals surface area contributed by atoms with Gasteiger partial charge in [0, 0.05) is 34.5 Å². The molecule has 3 heterocycles. The molecular weight excluding hydrogens is 452 g/mol. The van der Waals surface area contributed by atoms with Crippen molar-refractivity contribution in [2.45, 2.75) is 13.5 Å². The first-order valence-electron chi connectivity index (χ1n) is 9.54. The number of ketones is 1. The number of rotatable bonds is 7. The summed E-state index contributed by atoms with van der Waals surface area (Å²) in [7, 11) is 3.02. The van der Waals surface area contributed by atoms with Crippen LogP contribution in [0.25, 0.3) is 10.9 Å². The summed E-state index contributed by atoms with van der Waals surface area (Å²) in [6.45, 7) is 2.22. The number of amides is 1. The van der Waals surface area contributed by atoms with Gasteiger partial charge in [-0.05, 0) is 31.2 Å². The van der Waals surface area contributed by atoms with Crippen LogP contribution < -0.4 is 14.8 Å². The van der Waals surface area contributed by atoms with Gasteiger partial charge in [-0.15, -0.1) is 11.3 Å². The number of carbonyl (C=O) groups is 2. The Kier molecular flexibility index (Phi) is 6.11. The molecule has 4 rings (SSSR count). The van der Waals surface area contributed by atoms with E-state index in [1.54, 1.807) is 32.4 Å². The van der Waals surface area contributed by atoms with Gasteiger partial charge in [-0.1, -0.05) is 11.6 Å². The van der Waals surface area contributed by atoms with E-state index in [0.717, 1.165) is 10.5 Å². The molecule has 0 aliphatic carbocycles. The summed E-state index contributed by atoms with van der Waals surface area (Å²) >= 11 is 7.39. The molecule has 4 aromatic rings. The first-order chi connectivity index (χ1) is 15.4. The van der Waals surface area contributed by atoms with Gasteiger partial charge in [0.1, 0.15) is 15.1 Å². The molecule has 0 fully saturated rings. The maximum atomic E-state index is 13.3. The number of methoxy groups -OCH3 is 2. The summed E-state index contributed by atoms with van der Waals surface area (Å²) in [5.74, 6) is -0.511. The summed E-state index contributed by atoms with van der Waals surface area (Å²) in [6, 6.07) is 8.54. The van der Waals surface area contributed by atoms with E-state index in [0.29, 0.717) is 44.8 Å². The van der Waals surface area contributed by atoms with Crippen molar-refractivity contribution in [3.05, 3.63) is 63.3 Å². The normalized spacial score (nSPS) is 10.9. The Balaban J connectivity index is 1.75. The highest BCUT2D eigenvalue weighted by Crippen LogP contribution is 2.31. The number of ether oxygens (including phenoxy) is 2. The van der Waals surface area contributed by atoms with Gasteiger partial charge in [-0.3, -0.25) is 9.59 Å². The maximum Gasteiger partial charge on any atom is 0.296 e. The molecule has 10 heteroatoms. The van der Waals surface area contributed by atoms with Crippen molar-refractivity contribution in [1.29, 1.82) is 0 Å². The van der Waals surface area contributed by atoms with Crippen LogP contribution in [-0.2, 0) is 11.3 Å². The zero-order valence-electron chi connectivity index (χ0n) is 17.5. The minimum atomic E-state index is -0.763. The van der Waals surface area contributed by atoms with Gasteiger partial charge in [0.05, 0.1) is 32.5 Å². The van der Waals surface area contributed by atoms with Gasteiger partial charge in [0.25, 0.3) is 11.7 Å². The number of nitrogens with zero attached hydrogens (tertiary/aromatic N) is 3. The van der Waals surface area contributed by atoms with Crippen LogP contribution in [0.4, 0.5) is 5.69 Å². The van der Waals surface area contributed by atoms with Crippen molar-refractivity contribution in [2.24, 2.45) is 0 Å². The van der Waals surface area contributed by atoms with Crippen LogP contribution >= 0.6 is 22.9 Å². The lowest BCUT2D eigenvalue weighted by molar-refractivity contribution is -0.112. The Morgan fingerprint density at radius 2 is 1.97 bits per heavy atom. The lowest BCUT2D eigenvalue weighted by Crippen LogP contribution is -2.23. The fraction of sp³-hybridized carbons (Fsp3) is 0.182. The molecule has 0 aliphatic heterocycles. The summed E-state index contributed by atoms with van der Waals surface area (Å²) in [6.07, 6.45) is 3.08. The molecule has 0 bridgehead atoms. The molecule has 0 aliphatic rings. The topological polar surface area (TPSA) is 95.3 Å². The smallest absolute Gasteiger partial charge is 0.296 e. The third-order valence-corrected chi connectivity index (χ3v) is 6.08. The van der Waals surface area contributed by atoms with E-state index in [4.69, 9.17) is 21.1 Å². The van der Waals surface area contributed by atoms with E-state index in [1.807, 2.05) is 16.7 Å². The number of halogens is 1. The number of anilines is 1. The zero-order valence-corrected chi connectivity index (χ0v) is 19.1. The lowest BCUT2D eigenvalue weighted by Gasteiger charge is -2.07. The van der Waals surface area contributed by atoms with Gasteiger partial charge in [-0.25, -0.2) is 9.97 Å². The molecule has 1 amide bonds. The molecule has 32 heavy (non-hydrogen) atoms. The third-order valence-electron chi connectivity index (χ3n) is 4.98. The monoisotopic (exact) mass is 470 g/mol. The Morgan fingerprint density at radius 3 is 2.66 bits per heavy atom. The standard InChI is InChI=1S/C22H19ClN4O4S/c1-12-20(21(28)22(29)26-13-6-7-24-18(8-13)31-3)15-9-14(30-2)4-5-16(15)27(12)11-19-25-10-17(23)32-19/h4-10H,11H2,1-3H3,(H,24,26,29). The lowest BCUT2D eigenvalue weighted by atomic mass is 10.1. The number of fused-ring (bicyclic) bond motifs is 1. The Labute approximate surface area is 192 Å². The Bertz CT molecular complexity index is 1330. The molecule has 0 saturated carbocycles. The Hall–Kier alpha value is -3.43. The van der Waals surface area contributed by atoms with E-state index < -0.39 is 11.7 Å². The minimum absolute atomic E-state index is 0.306. The molecule has 3 aromatic heterocycles. The predicted octanol–water partition coefficient (Wildman–Crippen LogP) is 4.34. The number of pyridine rings is 1. The van der Waals surface area contributed by atoms with Crippen LogP contribution in [0.3, 0.4) is 0 Å². The SMILES string of the molecule is COc1ccc2c(c1)c(C(=O)C(=O)Nc1ccnc(OC)c1)c(C)n2Cc1ncc(Cl)s1. The minimum Gasteiger partial charge on any atom is -0.497 e. The highest BCUT2D eigenvalue weighted by Gasteiger charge is 2.26. The van der Waals surface area contributed by atoms with Gasteiger partial charge in [-0.2, -0.15) is 0 Å². The maximum absolute atomic E-state index is 13.3. The number of nitrogens with one attached hydrogen (secondary N) is 1. The second-order valence-corrected chi connectivity index (χ2v) is 8.60. The summed E-state index contributed by atoms with van der Waals surface area (Å²) < 4.78 is 12.9. The first-order valence-corrected chi connectivity index (χ1v) is 10.7. The quantitative estimate of drug-likeness (QED) is 0.319. The molecule has 164 valence electrons. The predicted molar refractivity (Wildman–Crippen MR) is 123 cm³/mol. The van der Waals surface area contributed by atoms with Crippen molar-refractivity contribution in [1.82, 2.24) is 14.5 Å². The summed E-state index contributed by atoms with van der Waals surface area (Å²) in [5.41, 5.74) is 2.15. The molecule has 0 radical (unpaired) electrons. The van der Waals surface area contributed by atoms with E-state index in [2.05, 4.69) is 15.3 Å². The molecule has 0 unspecified atom stereocenters. The number of hydrogen-bond acceptors (Lipinski definition) is 7. The average molecular weight is 471 g/mol. The molecule has 1 aromatic carbocycles. The van der Waals surface area contributed by atoms with Gasteiger partial charge >= 0.3 is 0 Å². The molecular formula is C22H19ClN4O4S. The molecule has 0 atom stereocenters. The van der Waals surface area contributed by atoms with E-state index in [9.17, 15) is 9.59 Å². The van der Waals surface area contributed by atoms with Gasteiger partial charge in [0.2, 0.25) is 5.88 Å². The average Bonchev–Trinajstić information content (AvgIpc) is 3.33. The number of carbonyl (C=O) groups excluding carboxylic acids is 2. The van der Waals surface area contributed by atoms with Crippen molar-refractivity contribution in [3.63, 3.8) is 0 Å². The molecule has 1 N–H and O–H groups in total. The van der Waals surface area contributed by atoms with Crippen LogP contribution in [0, 0.1) is 6.92 Å². The van der Waals surface area contributed by atoms with E-state index >= 15 is 0 Å². The van der Waals surface area contributed by atoms with Crippen LogP contribution in [0.15, 0.2) is 42.7 Å². The number of Topliss-reactive ketones (excluding diaryl/α,β-unsaturated/α-hetero) is 1. The Morgan fingerprint density at radius 1 is 1.16 bits per heavy atom. The van der Waals surface area contributed by atoms with Crippen molar-refractivity contribution in [3.8, 4) is 11.6 Å². The van der Waals surface area contributed by atoms with Crippen LogP contribution in [0.5, 0.6) is 11.6 Å². The largest absolute Gasteiger partial charge is 0.497 e. The third kappa shape index (κ3) is 4.17. The summed E-state index contributed by atoms with van der Waals surface area (Å²) in [4.78, 5) is 34.4. The van der Waals surface area contributed by atoms with Crippen molar-refractivity contribution < 1.29 is 19.1 Å². The number of thiazole rings is 1. The highest BCUT2D eigenvalue weighted by molar-refractivity contribution is 7.15. The van der Waals surface area contributed by atoms with Gasteiger partial charge in [0.15, 0.2) is 0 Å². The van der Waals surface area contributed by atoms with Crippen molar-refractivity contribution in [2.75, 3.05) is 19.5 Å². The fourth-order valence-electron chi connectivity index (χ4n) is 3.48. The molecule has 0 spiro atoms. The second-order valence-electron chi connectivity index (χ2n) is 6.86. The van der Waals surface area contributed by atoms with E-state index in [1.165, 1.54) is 30.7 Å². The fourth-order valence-corrected chi connectivity index (χ4v) is 4.42. The highest BCUT2D eigenvalue weighted by atomic mass is 35.5. The van der Waals surface area contributed by atoms with E-state index in [-0.39, 0.29) is 0 Å². The van der Waals surface area contributed by atoms with Gasteiger partial charge < -0.3 is 19.4 Å². The molecule has 0 saturated heterocycles. The molecule has 8 nitrogen and oxygen atoms in total. The number of aromatic nitrogens is 3. The van der Waals surface area contributed by atoms with Crippen LogP contribution in [0.2, 0.25) is 4.34 Å². The second kappa shape index (κ2) is 8.97. The number of hydrogen-bond donors (Lipinski definition) is 1. The zero-order chi connectivity index (χ0) is 22.8.